The number of ether oxygens (including phenoxy) is 2. The highest BCUT2D eigenvalue weighted by molar-refractivity contribution is 7.18. The number of aromatic nitrogens is 2. The van der Waals surface area contributed by atoms with Crippen LogP contribution in [-0.2, 0) is 20.7 Å². The molecule has 0 aliphatic heterocycles. The molecule has 0 saturated carbocycles. The van der Waals surface area contributed by atoms with Gasteiger partial charge in [-0.3, -0.25) is 4.79 Å². The number of aryl methyl sites for hydroxylation is 2. The molecule has 3 heterocycles. The molecule has 0 bridgehead atoms. The molecule has 3 aromatic heterocycles. The highest BCUT2D eigenvalue weighted by Gasteiger charge is 2.26. The molecule has 152 valence electrons. The minimum Gasteiger partial charge on any atom is -0.465 e. The minimum atomic E-state index is -0.623. The van der Waals surface area contributed by atoms with E-state index in [9.17, 15) is 14.4 Å². The standard InChI is InChI=1S/C20H21N3O5S/c1-11-16(19(25)27-3)18(29-17(11)20(26)28-4)22-15(24)9-8-13-12(2)21-14-7-5-6-10-23(13)14/h5-7,10H,8-9H2,1-4H3,(H,22,24). The molecule has 0 fully saturated rings. The molecule has 1 N–H and O–H groups in total. The number of esters is 2. The summed E-state index contributed by atoms with van der Waals surface area (Å²) in [4.78, 5) is 41.4. The third-order valence-corrected chi connectivity index (χ3v) is 5.77. The summed E-state index contributed by atoms with van der Waals surface area (Å²) in [5.74, 6) is -1.47. The Morgan fingerprint density at radius 2 is 1.86 bits per heavy atom. The van der Waals surface area contributed by atoms with E-state index in [-0.39, 0.29) is 27.8 Å². The number of nitrogens with zero attached hydrogens (tertiary/aromatic N) is 2. The molecule has 0 saturated heterocycles. The number of carbonyl (C=O) groups excluding carboxylic acids is 3. The summed E-state index contributed by atoms with van der Waals surface area (Å²) in [6.45, 7) is 3.52. The van der Waals surface area contributed by atoms with Crippen molar-refractivity contribution in [3.63, 3.8) is 0 Å². The second kappa shape index (κ2) is 8.44. The molecule has 1 amide bonds. The zero-order valence-corrected chi connectivity index (χ0v) is 17.4. The summed E-state index contributed by atoms with van der Waals surface area (Å²) in [6, 6.07) is 5.72. The van der Waals surface area contributed by atoms with Gasteiger partial charge in [0.15, 0.2) is 0 Å². The largest absolute Gasteiger partial charge is 0.465 e. The lowest BCUT2D eigenvalue weighted by Gasteiger charge is -2.07. The Balaban J connectivity index is 1.80. The summed E-state index contributed by atoms with van der Waals surface area (Å²) in [7, 11) is 2.51. The molecular weight excluding hydrogens is 394 g/mol. The first-order valence-electron chi connectivity index (χ1n) is 8.89. The SMILES string of the molecule is COC(=O)c1sc(NC(=O)CCc2c(C)nc3ccccn23)c(C(=O)OC)c1C. The third kappa shape index (κ3) is 4.00. The predicted octanol–water partition coefficient (Wildman–Crippen LogP) is 3.16. The topological polar surface area (TPSA) is 99.0 Å². The zero-order chi connectivity index (χ0) is 21.1. The Morgan fingerprint density at radius 3 is 2.55 bits per heavy atom. The van der Waals surface area contributed by atoms with E-state index in [1.807, 2.05) is 35.7 Å². The number of amides is 1. The molecule has 0 spiro atoms. The minimum absolute atomic E-state index is 0.164. The van der Waals surface area contributed by atoms with Crippen LogP contribution in [0.3, 0.4) is 0 Å². The van der Waals surface area contributed by atoms with E-state index in [1.54, 1.807) is 6.92 Å². The van der Waals surface area contributed by atoms with Crippen LogP contribution in [0.25, 0.3) is 5.65 Å². The van der Waals surface area contributed by atoms with Crippen LogP contribution >= 0.6 is 11.3 Å². The lowest BCUT2D eigenvalue weighted by atomic mass is 10.1. The smallest absolute Gasteiger partial charge is 0.348 e. The van der Waals surface area contributed by atoms with Crippen molar-refractivity contribution in [1.29, 1.82) is 0 Å². The maximum Gasteiger partial charge on any atom is 0.348 e. The molecule has 3 rings (SSSR count). The van der Waals surface area contributed by atoms with E-state index in [4.69, 9.17) is 9.47 Å². The summed E-state index contributed by atoms with van der Waals surface area (Å²) in [5.41, 5.74) is 3.21. The molecule has 29 heavy (non-hydrogen) atoms. The lowest BCUT2D eigenvalue weighted by molar-refractivity contribution is -0.116. The maximum atomic E-state index is 12.6. The first-order chi connectivity index (χ1) is 13.9. The van der Waals surface area contributed by atoms with Gasteiger partial charge in [0.25, 0.3) is 0 Å². The first-order valence-corrected chi connectivity index (χ1v) is 9.71. The van der Waals surface area contributed by atoms with Crippen molar-refractivity contribution in [2.24, 2.45) is 0 Å². The number of imidazole rings is 1. The Bertz CT molecular complexity index is 1100. The van der Waals surface area contributed by atoms with Gasteiger partial charge < -0.3 is 19.2 Å². The quantitative estimate of drug-likeness (QED) is 0.621. The van der Waals surface area contributed by atoms with Crippen LogP contribution in [0.4, 0.5) is 5.00 Å². The number of rotatable bonds is 6. The Labute approximate surface area is 171 Å². The fourth-order valence-corrected chi connectivity index (χ4v) is 4.25. The van der Waals surface area contributed by atoms with Crippen molar-refractivity contribution in [2.75, 3.05) is 19.5 Å². The highest BCUT2D eigenvalue weighted by Crippen LogP contribution is 2.34. The summed E-state index contributed by atoms with van der Waals surface area (Å²) in [5, 5.41) is 3.01. The van der Waals surface area contributed by atoms with E-state index in [2.05, 4.69) is 10.3 Å². The van der Waals surface area contributed by atoms with Gasteiger partial charge in [0.2, 0.25) is 5.91 Å². The zero-order valence-electron chi connectivity index (χ0n) is 16.6. The third-order valence-electron chi connectivity index (χ3n) is 4.58. The number of hydrogen-bond donors (Lipinski definition) is 1. The van der Waals surface area contributed by atoms with Crippen molar-refractivity contribution in [3.05, 3.63) is 51.8 Å². The number of thiophene rings is 1. The Kier molecular flexibility index (Phi) is 5.97. The average Bonchev–Trinajstić information content (AvgIpc) is 3.21. The van der Waals surface area contributed by atoms with Gasteiger partial charge in [-0.1, -0.05) is 6.07 Å². The number of nitrogens with one attached hydrogen (secondary N) is 1. The number of fused-ring (bicyclic) bond motifs is 1. The van der Waals surface area contributed by atoms with E-state index in [1.165, 1.54) is 14.2 Å². The van der Waals surface area contributed by atoms with Gasteiger partial charge >= 0.3 is 11.9 Å². The van der Waals surface area contributed by atoms with Crippen LogP contribution in [0.1, 0.15) is 43.4 Å². The van der Waals surface area contributed by atoms with E-state index >= 15 is 0 Å². The summed E-state index contributed by atoms with van der Waals surface area (Å²) < 4.78 is 11.5. The summed E-state index contributed by atoms with van der Waals surface area (Å²) in [6.07, 6.45) is 2.57. The van der Waals surface area contributed by atoms with Gasteiger partial charge in [-0.2, -0.15) is 0 Å². The normalized spacial score (nSPS) is 10.8. The molecule has 9 heteroatoms. The molecule has 3 aromatic rings. The van der Waals surface area contributed by atoms with Crippen molar-refractivity contribution < 1.29 is 23.9 Å². The van der Waals surface area contributed by atoms with Crippen LogP contribution in [0.2, 0.25) is 0 Å². The maximum absolute atomic E-state index is 12.6. The molecule has 0 aromatic carbocycles. The van der Waals surface area contributed by atoms with Gasteiger partial charge in [0.1, 0.15) is 15.5 Å². The van der Waals surface area contributed by atoms with E-state index in [0.717, 1.165) is 28.4 Å². The molecule has 0 unspecified atom stereocenters. The number of pyridine rings is 1. The Hall–Kier alpha value is -3.20. The molecule has 8 nitrogen and oxygen atoms in total. The van der Waals surface area contributed by atoms with Crippen molar-refractivity contribution in [3.8, 4) is 0 Å². The molecule has 0 aliphatic carbocycles. The van der Waals surface area contributed by atoms with Crippen molar-refractivity contribution in [1.82, 2.24) is 9.38 Å². The van der Waals surface area contributed by atoms with E-state index in [0.29, 0.717) is 12.0 Å². The number of methoxy groups -OCH3 is 2. The van der Waals surface area contributed by atoms with Crippen LogP contribution in [0.15, 0.2) is 24.4 Å². The first kappa shape index (κ1) is 20.5. The number of anilines is 1. The van der Waals surface area contributed by atoms with Crippen LogP contribution in [0, 0.1) is 13.8 Å². The second-order valence-corrected chi connectivity index (χ2v) is 7.39. The monoisotopic (exact) mass is 415 g/mol. The van der Waals surface area contributed by atoms with Gasteiger partial charge in [-0.15, -0.1) is 11.3 Å². The fourth-order valence-electron chi connectivity index (χ4n) is 3.12. The van der Waals surface area contributed by atoms with E-state index < -0.39 is 11.9 Å². The fraction of sp³-hybridized carbons (Fsp3) is 0.300. The van der Waals surface area contributed by atoms with Crippen LogP contribution in [-0.4, -0.2) is 41.5 Å². The van der Waals surface area contributed by atoms with Crippen molar-refractivity contribution in [2.45, 2.75) is 26.7 Å². The van der Waals surface area contributed by atoms with Crippen molar-refractivity contribution >= 4 is 39.8 Å². The highest BCUT2D eigenvalue weighted by atomic mass is 32.1. The van der Waals surface area contributed by atoms with Gasteiger partial charge in [0.05, 0.1) is 25.5 Å². The number of carbonyl (C=O) groups is 3. The molecule has 0 aliphatic rings. The van der Waals surface area contributed by atoms with Crippen LogP contribution < -0.4 is 5.32 Å². The average molecular weight is 415 g/mol. The lowest BCUT2D eigenvalue weighted by Crippen LogP contribution is -2.15. The molecule has 0 atom stereocenters. The second-order valence-electron chi connectivity index (χ2n) is 6.36. The predicted molar refractivity (Wildman–Crippen MR) is 109 cm³/mol. The number of hydrogen-bond acceptors (Lipinski definition) is 7. The van der Waals surface area contributed by atoms with Gasteiger partial charge in [-0.05, 0) is 38.0 Å². The van der Waals surface area contributed by atoms with Gasteiger partial charge in [-0.25, -0.2) is 14.6 Å². The molecular formula is C20H21N3O5S. The van der Waals surface area contributed by atoms with Crippen LogP contribution in [0.5, 0.6) is 0 Å². The Morgan fingerprint density at radius 1 is 1.14 bits per heavy atom. The molecule has 0 radical (unpaired) electrons. The van der Waals surface area contributed by atoms with Gasteiger partial charge in [0, 0.05) is 18.3 Å². The summed E-state index contributed by atoms with van der Waals surface area (Å²) >= 11 is 0.995.